The van der Waals surface area contributed by atoms with Gasteiger partial charge in [0, 0.05) is 25.4 Å². The van der Waals surface area contributed by atoms with E-state index in [2.05, 4.69) is 17.3 Å². The quantitative estimate of drug-likeness (QED) is 0.826. The van der Waals surface area contributed by atoms with Gasteiger partial charge in [0.15, 0.2) is 0 Å². The lowest BCUT2D eigenvalue weighted by Gasteiger charge is -2.02. The van der Waals surface area contributed by atoms with Crippen LogP contribution in [0.15, 0.2) is 22.7 Å². The van der Waals surface area contributed by atoms with Gasteiger partial charge in [0.2, 0.25) is 5.76 Å². The van der Waals surface area contributed by atoms with Crippen molar-refractivity contribution in [2.24, 2.45) is 7.05 Å². The minimum Gasteiger partial charge on any atom is -0.475 e. The predicted molar refractivity (Wildman–Crippen MR) is 68.8 cm³/mol. The lowest BCUT2D eigenvalue weighted by Crippen LogP contribution is -2.12. The molecule has 0 fully saturated rings. The van der Waals surface area contributed by atoms with Crippen molar-refractivity contribution in [3.8, 4) is 0 Å². The van der Waals surface area contributed by atoms with Crippen LogP contribution < -0.4 is 5.32 Å². The Balaban J connectivity index is 1.90. The number of rotatable bonds is 6. The molecule has 2 N–H and O–H groups in total. The number of aromatic nitrogens is 2. The van der Waals surface area contributed by atoms with Crippen molar-refractivity contribution in [3.63, 3.8) is 0 Å². The van der Waals surface area contributed by atoms with Crippen molar-refractivity contribution in [2.45, 2.75) is 26.4 Å². The molecule has 0 aliphatic rings. The van der Waals surface area contributed by atoms with E-state index in [0.29, 0.717) is 18.8 Å². The Morgan fingerprint density at radius 3 is 2.89 bits per heavy atom. The van der Waals surface area contributed by atoms with Gasteiger partial charge in [-0.15, -0.1) is 0 Å². The number of furan rings is 1. The summed E-state index contributed by atoms with van der Waals surface area (Å²) in [5.41, 5.74) is 2.22. The minimum atomic E-state index is -1.05. The molecule has 0 unspecified atom stereocenters. The van der Waals surface area contributed by atoms with Crippen molar-refractivity contribution in [1.29, 1.82) is 0 Å². The molecule has 0 aliphatic carbocycles. The molecule has 102 valence electrons. The number of hydrogen-bond acceptors (Lipinski definition) is 4. The fourth-order valence-corrected chi connectivity index (χ4v) is 1.94. The van der Waals surface area contributed by atoms with Crippen molar-refractivity contribution in [3.05, 3.63) is 41.1 Å². The first-order chi connectivity index (χ1) is 9.10. The molecule has 6 heteroatoms. The highest BCUT2D eigenvalue weighted by molar-refractivity contribution is 5.84. The second-order valence-electron chi connectivity index (χ2n) is 4.30. The van der Waals surface area contributed by atoms with Gasteiger partial charge in [-0.3, -0.25) is 4.68 Å². The van der Waals surface area contributed by atoms with Crippen LogP contribution in [0.2, 0.25) is 0 Å². The van der Waals surface area contributed by atoms with Crippen molar-refractivity contribution in [1.82, 2.24) is 15.1 Å². The monoisotopic (exact) mass is 263 g/mol. The summed E-state index contributed by atoms with van der Waals surface area (Å²) in [5, 5.41) is 16.3. The SMILES string of the molecule is CCc1nn(C)cc1CNCc1ccc(C(=O)O)o1. The van der Waals surface area contributed by atoms with E-state index in [1.54, 1.807) is 10.7 Å². The largest absolute Gasteiger partial charge is 0.475 e. The summed E-state index contributed by atoms with van der Waals surface area (Å²) in [6.07, 6.45) is 2.87. The second kappa shape index (κ2) is 5.71. The number of nitrogens with one attached hydrogen (secondary N) is 1. The Morgan fingerprint density at radius 2 is 2.26 bits per heavy atom. The molecule has 0 saturated heterocycles. The van der Waals surface area contributed by atoms with Gasteiger partial charge in [-0.1, -0.05) is 6.92 Å². The number of nitrogens with zero attached hydrogens (tertiary/aromatic N) is 2. The van der Waals surface area contributed by atoms with Crippen LogP contribution in [-0.4, -0.2) is 20.9 Å². The highest BCUT2D eigenvalue weighted by atomic mass is 16.4. The van der Waals surface area contributed by atoms with Crippen LogP contribution in [0.4, 0.5) is 0 Å². The Hall–Kier alpha value is -2.08. The number of aryl methyl sites for hydroxylation is 2. The zero-order valence-electron chi connectivity index (χ0n) is 11.0. The normalized spacial score (nSPS) is 10.8. The van der Waals surface area contributed by atoms with Crippen LogP contribution in [-0.2, 0) is 26.6 Å². The Labute approximate surface area is 111 Å². The van der Waals surface area contributed by atoms with Crippen LogP contribution in [0.25, 0.3) is 0 Å². The van der Waals surface area contributed by atoms with E-state index in [-0.39, 0.29) is 5.76 Å². The maximum atomic E-state index is 10.7. The van der Waals surface area contributed by atoms with Crippen molar-refractivity contribution < 1.29 is 14.3 Å². The molecule has 0 bridgehead atoms. The average molecular weight is 263 g/mol. The van der Waals surface area contributed by atoms with Gasteiger partial charge in [-0.05, 0) is 18.6 Å². The Morgan fingerprint density at radius 1 is 1.47 bits per heavy atom. The standard InChI is InChI=1S/C13H17N3O3/c1-3-11-9(8-16(2)15-11)6-14-7-10-4-5-12(19-10)13(17)18/h4-5,8,14H,3,6-7H2,1-2H3,(H,17,18). The fraction of sp³-hybridized carbons (Fsp3) is 0.385. The summed E-state index contributed by atoms with van der Waals surface area (Å²) in [6.45, 7) is 3.24. The third-order valence-corrected chi connectivity index (χ3v) is 2.81. The molecular weight excluding hydrogens is 246 g/mol. The van der Waals surface area contributed by atoms with Gasteiger partial charge >= 0.3 is 5.97 Å². The number of hydrogen-bond donors (Lipinski definition) is 2. The molecule has 0 aliphatic heterocycles. The van der Waals surface area contributed by atoms with E-state index >= 15 is 0 Å². The van der Waals surface area contributed by atoms with E-state index in [0.717, 1.165) is 17.7 Å². The first-order valence-corrected chi connectivity index (χ1v) is 6.14. The molecule has 2 heterocycles. The van der Waals surface area contributed by atoms with Gasteiger partial charge in [0.1, 0.15) is 5.76 Å². The molecule has 0 amide bonds. The fourth-order valence-electron chi connectivity index (χ4n) is 1.94. The Kier molecular flexibility index (Phi) is 4.01. The molecule has 0 radical (unpaired) electrons. The molecule has 2 aromatic heterocycles. The first kappa shape index (κ1) is 13.4. The average Bonchev–Trinajstić information content (AvgIpc) is 2.96. The van der Waals surface area contributed by atoms with E-state index < -0.39 is 5.97 Å². The Bertz CT molecular complexity index is 571. The number of carboxylic acids is 1. The van der Waals surface area contributed by atoms with Crippen LogP contribution in [0.5, 0.6) is 0 Å². The molecule has 0 spiro atoms. The summed E-state index contributed by atoms with van der Waals surface area (Å²) in [5.74, 6) is -0.474. The smallest absolute Gasteiger partial charge is 0.371 e. The third-order valence-electron chi connectivity index (χ3n) is 2.81. The van der Waals surface area contributed by atoms with Crippen molar-refractivity contribution >= 4 is 5.97 Å². The second-order valence-corrected chi connectivity index (χ2v) is 4.30. The number of carboxylic acid groups (broad SMARTS) is 1. The zero-order valence-corrected chi connectivity index (χ0v) is 11.0. The van der Waals surface area contributed by atoms with E-state index in [4.69, 9.17) is 9.52 Å². The molecule has 2 rings (SSSR count). The zero-order chi connectivity index (χ0) is 13.8. The maximum Gasteiger partial charge on any atom is 0.371 e. The lowest BCUT2D eigenvalue weighted by molar-refractivity contribution is 0.0660. The van der Waals surface area contributed by atoms with Gasteiger partial charge in [-0.25, -0.2) is 4.79 Å². The summed E-state index contributed by atoms with van der Waals surface area (Å²) in [4.78, 5) is 10.7. The molecule has 6 nitrogen and oxygen atoms in total. The molecule has 0 aromatic carbocycles. The molecule has 0 saturated carbocycles. The predicted octanol–water partition coefficient (Wildman–Crippen LogP) is 1.56. The number of carbonyl (C=O) groups is 1. The topological polar surface area (TPSA) is 80.3 Å². The van der Waals surface area contributed by atoms with Gasteiger partial charge in [0.25, 0.3) is 0 Å². The molecule has 0 atom stereocenters. The summed E-state index contributed by atoms with van der Waals surface area (Å²) < 4.78 is 6.96. The number of aromatic carboxylic acids is 1. The van der Waals surface area contributed by atoms with Crippen molar-refractivity contribution in [2.75, 3.05) is 0 Å². The van der Waals surface area contributed by atoms with Gasteiger partial charge < -0.3 is 14.8 Å². The van der Waals surface area contributed by atoms with Crippen LogP contribution in [0, 0.1) is 0 Å². The summed E-state index contributed by atoms with van der Waals surface area (Å²) in [7, 11) is 1.90. The van der Waals surface area contributed by atoms with Crippen LogP contribution in [0.1, 0.15) is 34.5 Å². The molecule has 2 aromatic rings. The highest BCUT2D eigenvalue weighted by Gasteiger charge is 2.09. The van der Waals surface area contributed by atoms with Crippen LogP contribution >= 0.6 is 0 Å². The molecule has 19 heavy (non-hydrogen) atoms. The first-order valence-electron chi connectivity index (χ1n) is 6.14. The minimum absolute atomic E-state index is 0.0348. The van der Waals surface area contributed by atoms with E-state index in [1.807, 2.05) is 13.2 Å². The highest BCUT2D eigenvalue weighted by Crippen LogP contribution is 2.09. The van der Waals surface area contributed by atoms with Gasteiger partial charge in [0.05, 0.1) is 12.2 Å². The van der Waals surface area contributed by atoms with Crippen LogP contribution in [0.3, 0.4) is 0 Å². The van der Waals surface area contributed by atoms with Gasteiger partial charge in [-0.2, -0.15) is 5.10 Å². The van der Waals surface area contributed by atoms with E-state index in [1.165, 1.54) is 6.07 Å². The summed E-state index contributed by atoms with van der Waals surface area (Å²) in [6, 6.07) is 3.13. The maximum absolute atomic E-state index is 10.7. The molecular formula is C13H17N3O3. The summed E-state index contributed by atoms with van der Waals surface area (Å²) >= 11 is 0. The van der Waals surface area contributed by atoms with E-state index in [9.17, 15) is 4.79 Å². The third kappa shape index (κ3) is 3.23. The lowest BCUT2D eigenvalue weighted by atomic mass is 10.2.